The number of nitrogens with two attached hydrogens (primary N) is 1. The van der Waals surface area contributed by atoms with E-state index in [1.807, 2.05) is 11.4 Å². The normalized spacial score (nSPS) is 11.1. The highest BCUT2D eigenvalue weighted by atomic mass is 16.5. The molecule has 3 N–H and O–H groups in total. The number of nitriles is 1. The molecule has 0 radical (unpaired) electrons. The summed E-state index contributed by atoms with van der Waals surface area (Å²) in [5.74, 6) is -0.00689. The van der Waals surface area contributed by atoms with E-state index in [1.54, 1.807) is 6.92 Å². The van der Waals surface area contributed by atoms with Gasteiger partial charge in [0.15, 0.2) is 17.6 Å². The minimum atomic E-state index is -0.949. The molecule has 0 unspecified atom stereocenters. The first-order valence-electron chi connectivity index (χ1n) is 5.91. The Morgan fingerprint density at radius 3 is 2.70 bits per heavy atom. The highest BCUT2D eigenvalue weighted by Gasteiger charge is 2.18. The molecule has 1 aromatic rings. The van der Waals surface area contributed by atoms with Gasteiger partial charge in [-0.25, -0.2) is 4.79 Å². The van der Waals surface area contributed by atoms with Gasteiger partial charge >= 0.3 is 6.03 Å². The summed E-state index contributed by atoms with van der Waals surface area (Å²) in [4.78, 5) is 22.1. The van der Waals surface area contributed by atoms with Crippen molar-refractivity contribution in [3.05, 3.63) is 23.8 Å². The number of primary amides is 1. The quantitative estimate of drug-likeness (QED) is 0.830. The minimum Gasteiger partial charge on any atom is -0.490 e. The zero-order valence-electron chi connectivity index (χ0n) is 11.2. The molecule has 0 aliphatic carbocycles. The summed E-state index contributed by atoms with van der Waals surface area (Å²) in [6.45, 7) is 3.63. The number of carbonyl (C=O) groups is 2. The molecular weight excluding hydrogens is 262 g/mol. The topological polar surface area (TPSA) is 114 Å². The fraction of sp³-hybridized carbons (Fsp3) is 0.308. The Kier molecular flexibility index (Phi) is 5.35. The summed E-state index contributed by atoms with van der Waals surface area (Å²) in [5.41, 5.74) is 5.26. The van der Waals surface area contributed by atoms with Crippen LogP contribution in [0.15, 0.2) is 18.2 Å². The molecule has 0 aromatic heterocycles. The van der Waals surface area contributed by atoms with E-state index in [0.29, 0.717) is 23.7 Å². The lowest BCUT2D eigenvalue weighted by Crippen LogP contribution is -2.42. The average molecular weight is 277 g/mol. The van der Waals surface area contributed by atoms with Crippen molar-refractivity contribution in [2.75, 3.05) is 6.61 Å². The Morgan fingerprint density at radius 1 is 1.45 bits per heavy atom. The van der Waals surface area contributed by atoms with Gasteiger partial charge in [-0.2, -0.15) is 5.26 Å². The van der Waals surface area contributed by atoms with Crippen LogP contribution in [0.3, 0.4) is 0 Å². The van der Waals surface area contributed by atoms with Gasteiger partial charge < -0.3 is 15.2 Å². The van der Waals surface area contributed by atoms with E-state index in [1.165, 1.54) is 25.1 Å². The van der Waals surface area contributed by atoms with E-state index in [2.05, 4.69) is 0 Å². The Bertz CT molecular complexity index is 551. The summed E-state index contributed by atoms with van der Waals surface area (Å²) in [6, 6.07) is 5.61. The SMILES string of the molecule is CCOc1cc(C#N)ccc1O[C@H](C)C(=O)NC(N)=O. The van der Waals surface area contributed by atoms with Crippen molar-refractivity contribution in [3.63, 3.8) is 0 Å². The second-order valence-corrected chi connectivity index (χ2v) is 3.82. The molecule has 106 valence electrons. The lowest BCUT2D eigenvalue weighted by Gasteiger charge is -2.16. The first kappa shape index (κ1) is 15.3. The van der Waals surface area contributed by atoms with Crippen LogP contribution >= 0.6 is 0 Å². The molecule has 7 heteroatoms. The van der Waals surface area contributed by atoms with E-state index in [4.69, 9.17) is 20.5 Å². The molecule has 0 heterocycles. The molecule has 20 heavy (non-hydrogen) atoms. The summed E-state index contributed by atoms with van der Waals surface area (Å²) < 4.78 is 10.7. The Hall–Kier alpha value is -2.75. The maximum atomic E-state index is 11.5. The molecule has 0 aliphatic heterocycles. The minimum absolute atomic E-state index is 0.304. The van der Waals surface area contributed by atoms with Gasteiger partial charge in [0, 0.05) is 6.07 Å². The second kappa shape index (κ2) is 6.99. The zero-order chi connectivity index (χ0) is 15.1. The fourth-order valence-electron chi connectivity index (χ4n) is 1.41. The van der Waals surface area contributed by atoms with Gasteiger partial charge in [-0.15, -0.1) is 0 Å². The third kappa shape index (κ3) is 4.17. The number of benzene rings is 1. The summed E-state index contributed by atoms with van der Waals surface area (Å²) in [5, 5.41) is 10.7. The zero-order valence-corrected chi connectivity index (χ0v) is 11.2. The first-order chi connectivity index (χ1) is 9.47. The predicted molar refractivity (Wildman–Crippen MR) is 70.1 cm³/mol. The van der Waals surface area contributed by atoms with Crippen LogP contribution in [-0.2, 0) is 4.79 Å². The number of nitrogens with zero attached hydrogens (tertiary/aromatic N) is 1. The lowest BCUT2D eigenvalue weighted by molar-refractivity contribution is -0.126. The second-order valence-electron chi connectivity index (χ2n) is 3.82. The molecule has 0 spiro atoms. The summed E-state index contributed by atoms with van der Waals surface area (Å²) >= 11 is 0. The summed E-state index contributed by atoms with van der Waals surface area (Å²) in [7, 11) is 0. The fourth-order valence-corrected chi connectivity index (χ4v) is 1.41. The van der Waals surface area contributed by atoms with Crippen molar-refractivity contribution >= 4 is 11.9 Å². The monoisotopic (exact) mass is 277 g/mol. The van der Waals surface area contributed by atoms with Crippen molar-refractivity contribution in [1.29, 1.82) is 5.26 Å². The van der Waals surface area contributed by atoms with Gasteiger partial charge in [-0.1, -0.05) is 0 Å². The number of urea groups is 1. The molecule has 0 saturated carbocycles. The number of amides is 3. The van der Waals surface area contributed by atoms with E-state index in [0.717, 1.165) is 0 Å². The Morgan fingerprint density at radius 2 is 2.15 bits per heavy atom. The van der Waals surface area contributed by atoms with Gasteiger partial charge in [-0.3, -0.25) is 10.1 Å². The molecule has 7 nitrogen and oxygen atoms in total. The van der Waals surface area contributed by atoms with Crippen molar-refractivity contribution < 1.29 is 19.1 Å². The lowest BCUT2D eigenvalue weighted by atomic mass is 10.2. The Labute approximate surface area is 116 Å². The number of imide groups is 1. The number of hydrogen-bond acceptors (Lipinski definition) is 5. The van der Waals surface area contributed by atoms with Crippen molar-refractivity contribution in [3.8, 4) is 17.6 Å². The molecule has 1 rings (SSSR count). The van der Waals surface area contributed by atoms with Crippen LogP contribution in [0.4, 0.5) is 4.79 Å². The highest BCUT2D eigenvalue weighted by molar-refractivity contribution is 5.95. The third-order valence-electron chi connectivity index (χ3n) is 2.29. The number of hydrogen-bond donors (Lipinski definition) is 2. The molecule has 1 atom stereocenters. The molecule has 0 saturated heterocycles. The van der Waals surface area contributed by atoms with E-state index in [-0.39, 0.29) is 0 Å². The third-order valence-corrected chi connectivity index (χ3v) is 2.29. The number of rotatable bonds is 5. The molecule has 1 aromatic carbocycles. The predicted octanol–water partition coefficient (Wildman–Crippen LogP) is 0.919. The van der Waals surface area contributed by atoms with Crippen LogP contribution in [0.25, 0.3) is 0 Å². The van der Waals surface area contributed by atoms with E-state index < -0.39 is 18.0 Å². The van der Waals surface area contributed by atoms with Crippen LogP contribution < -0.4 is 20.5 Å². The van der Waals surface area contributed by atoms with E-state index >= 15 is 0 Å². The van der Waals surface area contributed by atoms with Crippen LogP contribution in [0.2, 0.25) is 0 Å². The Balaban J connectivity index is 2.88. The molecule has 0 bridgehead atoms. The number of ether oxygens (including phenoxy) is 2. The maximum Gasteiger partial charge on any atom is 0.318 e. The van der Waals surface area contributed by atoms with Gasteiger partial charge in [-0.05, 0) is 26.0 Å². The van der Waals surface area contributed by atoms with Crippen molar-refractivity contribution in [2.24, 2.45) is 5.73 Å². The maximum absolute atomic E-state index is 11.5. The molecule has 0 aliphatic rings. The van der Waals surface area contributed by atoms with Gasteiger partial charge in [0.05, 0.1) is 18.2 Å². The van der Waals surface area contributed by atoms with Gasteiger partial charge in [0.2, 0.25) is 0 Å². The van der Waals surface area contributed by atoms with Crippen LogP contribution in [-0.4, -0.2) is 24.6 Å². The van der Waals surface area contributed by atoms with Gasteiger partial charge in [0.1, 0.15) is 0 Å². The molecule has 3 amide bonds. The average Bonchev–Trinajstić information content (AvgIpc) is 2.40. The van der Waals surface area contributed by atoms with E-state index in [9.17, 15) is 9.59 Å². The van der Waals surface area contributed by atoms with Gasteiger partial charge in [0.25, 0.3) is 5.91 Å². The highest BCUT2D eigenvalue weighted by Crippen LogP contribution is 2.29. The number of carbonyl (C=O) groups excluding carboxylic acids is 2. The standard InChI is InChI=1S/C13H15N3O4/c1-3-19-11-6-9(7-14)4-5-10(11)20-8(2)12(17)16-13(15)18/h4-6,8H,3H2,1-2H3,(H3,15,16,17,18)/t8-/m1/s1. The molecular formula is C13H15N3O4. The van der Waals surface area contributed by atoms with Crippen molar-refractivity contribution in [1.82, 2.24) is 5.32 Å². The van der Waals surface area contributed by atoms with Crippen LogP contribution in [0, 0.1) is 11.3 Å². The van der Waals surface area contributed by atoms with Crippen molar-refractivity contribution in [2.45, 2.75) is 20.0 Å². The van der Waals surface area contributed by atoms with Crippen LogP contribution in [0.5, 0.6) is 11.5 Å². The molecule has 0 fully saturated rings. The number of nitrogens with one attached hydrogen (secondary N) is 1. The van der Waals surface area contributed by atoms with Crippen LogP contribution in [0.1, 0.15) is 19.4 Å². The largest absolute Gasteiger partial charge is 0.490 e. The smallest absolute Gasteiger partial charge is 0.318 e. The first-order valence-corrected chi connectivity index (χ1v) is 5.91. The summed E-state index contributed by atoms with van der Waals surface area (Å²) in [6.07, 6.45) is -0.936.